The summed E-state index contributed by atoms with van der Waals surface area (Å²) in [7, 11) is 0. The van der Waals surface area contributed by atoms with E-state index in [1.54, 1.807) is 0 Å². The summed E-state index contributed by atoms with van der Waals surface area (Å²) in [6.45, 7) is 5.97. The second kappa shape index (κ2) is 7.26. The number of rotatable bonds is 7. The molecule has 0 rings (SSSR count). The van der Waals surface area contributed by atoms with Crippen molar-refractivity contribution in [2.75, 3.05) is 0 Å². The van der Waals surface area contributed by atoms with Crippen LogP contribution in [0.5, 0.6) is 0 Å². The Morgan fingerprint density at radius 3 is 2.27 bits per heavy atom. The molecule has 0 aromatic rings. The van der Waals surface area contributed by atoms with Crippen LogP contribution in [-0.4, -0.2) is 23.0 Å². The van der Waals surface area contributed by atoms with Crippen LogP contribution < -0.4 is 5.32 Å². The zero-order valence-corrected chi connectivity index (χ0v) is 9.75. The molecule has 0 radical (unpaired) electrons. The second-order valence-corrected chi connectivity index (χ2v) is 4.18. The van der Waals surface area contributed by atoms with E-state index in [0.717, 1.165) is 12.8 Å². The number of nitrogens with one attached hydrogen (secondary N) is 1. The number of carbonyl (C=O) groups is 2. The van der Waals surface area contributed by atoms with Crippen LogP contribution in [0.4, 0.5) is 0 Å². The standard InChI is InChI=1S/C11H21NO3/c1-4-5-9(11(14)15)12-10(13)7-6-8(2)3/h8-9H,4-7H2,1-3H3,(H,12,13)(H,14,15). The summed E-state index contributed by atoms with van der Waals surface area (Å²) in [5.74, 6) is -0.649. The van der Waals surface area contributed by atoms with Gasteiger partial charge in [-0.3, -0.25) is 4.79 Å². The lowest BCUT2D eigenvalue weighted by Gasteiger charge is -2.13. The number of carbonyl (C=O) groups excluding carboxylic acids is 1. The Morgan fingerprint density at radius 1 is 1.27 bits per heavy atom. The van der Waals surface area contributed by atoms with Crippen molar-refractivity contribution in [1.29, 1.82) is 0 Å². The molecular formula is C11H21NO3. The van der Waals surface area contributed by atoms with Gasteiger partial charge >= 0.3 is 5.97 Å². The zero-order chi connectivity index (χ0) is 11.8. The molecule has 0 heterocycles. The predicted octanol–water partition coefficient (Wildman–Crippen LogP) is 1.79. The lowest BCUT2D eigenvalue weighted by Crippen LogP contribution is -2.40. The molecule has 0 aliphatic rings. The SMILES string of the molecule is CCCC(NC(=O)CCC(C)C)C(=O)O. The Kier molecular flexibility index (Phi) is 6.75. The highest BCUT2D eigenvalue weighted by atomic mass is 16.4. The monoisotopic (exact) mass is 215 g/mol. The summed E-state index contributed by atoms with van der Waals surface area (Å²) in [6, 6.07) is -0.727. The van der Waals surface area contributed by atoms with E-state index >= 15 is 0 Å². The number of carboxylic acid groups (broad SMARTS) is 1. The Labute approximate surface area is 91.1 Å². The lowest BCUT2D eigenvalue weighted by atomic mass is 10.1. The van der Waals surface area contributed by atoms with Crippen molar-refractivity contribution in [3.8, 4) is 0 Å². The second-order valence-electron chi connectivity index (χ2n) is 4.18. The normalized spacial score (nSPS) is 12.5. The van der Waals surface area contributed by atoms with Gasteiger partial charge in [-0.05, 0) is 18.8 Å². The van der Waals surface area contributed by atoms with E-state index in [2.05, 4.69) is 5.32 Å². The number of aliphatic carboxylic acids is 1. The van der Waals surface area contributed by atoms with Gasteiger partial charge in [-0.1, -0.05) is 27.2 Å². The van der Waals surface area contributed by atoms with Gasteiger partial charge in [0.2, 0.25) is 5.91 Å². The molecule has 1 amide bonds. The van der Waals surface area contributed by atoms with Crippen LogP contribution in [-0.2, 0) is 9.59 Å². The predicted molar refractivity (Wildman–Crippen MR) is 58.5 cm³/mol. The highest BCUT2D eigenvalue weighted by Gasteiger charge is 2.18. The van der Waals surface area contributed by atoms with Crippen LogP contribution >= 0.6 is 0 Å². The first kappa shape index (κ1) is 13.9. The van der Waals surface area contributed by atoms with Crippen molar-refractivity contribution in [3.05, 3.63) is 0 Å². The molecule has 0 fully saturated rings. The van der Waals surface area contributed by atoms with Crippen LogP contribution in [0.2, 0.25) is 0 Å². The molecule has 0 aromatic carbocycles. The van der Waals surface area contributed by atoms with Crippen LogP contribution in [0, 0.1) is 5.92 Å². The molecule has 1 atom stereocenters. The summed E-state index contributed by atoms with van der Waals surface area (Å²) in [5, 5.41) is 11.4. The fourth-order valence-corrected chi connectivity index (χ4v) is 1.23. The highest BCUT2D eigenvalue weighted by molar-refractivity contribution is 5.83. The number of hydrogen-bond donors (Lipinski definition) is 2. The van der Waals surface area contributed by atoms with Crippen molar-refractivity contribution in [2.24, 2.45) is 5.92 Å². The number of amides is 1. The highest BCUT2D eigenvalue weighted by Crippen LogP contribution is 2.04. The third-order valence-corrected chi connectivity index (χ3v) is 2.16. The van der Waals surface area contributed by atoms with Crippen LogP contribution in [0.1, 0.15) is 46.5 Å². The smallest absolute Gasteiger partial charge is 0.326 e. The number of hydrogen-bond acceptors (Lipinski definition) is 2. The molecule has 15 heavy (non-hydrogen) atoms. The van der Waals surface area contributed by atoms with Gasteiger partial charge < -0.3 is 10.4 Å². The van der Waals surface area contributed by atoms with Gasteiger partial charge in [-0.2, -0.15) is 0 Å². The Bertz CT molecular complexity index is 214. The lowest BCUT2D eigenvalue weighted by molar-refractivity contribution is -0.142. The molecule has 0 aliphatic heterocycles. The molecule has 0 aromatic heterocycles. The number of carboxylic acids is 1. The minimum absolute atomic E-state index is 0.162. The first-order valence-electron chi connectivity index (χ1n) is 5.49. The van der Waals surface area contributed by atoms with E-state index in [1.807, 2.05) is 20.8 Å². The summed E-state index contributed by atoms with van der Waals surface area (Å²) in [4.78, 5) is 22.1. The van der Waals surface area contributed by atoms with Crippen molar-refractivity contribution in [3.63, 3.8) is 0 Å². The van der Waals surface area contributed by atoms with E-state index in [4.69, 9.17) is 5.11 Å². The van der Waals surface area contributed by atoms with Crippen molar-refractivity contribution in [1.82, 2.24) is 5.32 Å². The first-order chi connectivity index (χ1) is 6.97. The molecule has 4 nitrogen and oxygen atoms in total. The van der Waals surface area contributed by atoms with Crippen molar-refractivity contribution in [2.45, 2.75) is 52.5 Å². The van der Waals surface area contributed by atoms with Crippen LogP contribution in [0.25, 0.3) is 0 Å². The fraction of sp³-hybridized carbons (Fsp3) is 0.818. The topological polar surface area (TPSA) is 66.4 Å². The largest absolute Gasteiger partial charge is 0.480 e. The Balaban J connectivity index is 3.94. The minimum Gasteiger partial charge on any atom is -0.480 e. The summed E-state index contributed by atoms with van der Waals surface area (Å²) in [6.07, 6.45) is 2.44. The van der Waals surface area contributed by atoms with Gasteiger partial charge in [0, 0.05) is 6.42 Å². The average Bonchev–Trinajstić information content (AvgIpc) is 2.14. The third kappa shape index (κ3) is 6.94. The van der Waals surface area contributed by atoms with Gasteiger partial charge in [0.25, 0.3) is 0 Å². The molecule has 0 saturated heterocycles. The van der Waals surface area contributed by atoms with E-state index in [-0.39, 0.29) is 5.91 Å². The van der Waals surface area contributed by atoms with Crippen molar-refractivity contribution < 1.29 is 14.7 Å². The van der Waals surface area contributed by atoms with Gasteiger partial charge in [0.05, 0.1) is 0 Å². The van der Waals surface area contributed by atoms with E-state index in [0.29, 0.717) is 18.8 Å². The quantitative estimate of drug-likeness (QED) is 0.680. The molecule has 4 heteroatoms. The Hall–Kier alpha value is -1.06. The average molecular weight is 215 g/mol. The van der Waals surface area contributed by atoms with Gasteiger partial charge in [-0.15, -0.1) is 0 Å². The summed E-state index contributed by atoms with van der Waals surface area (Å²) in [5.41, 5.74) is 0. The van der Waals surface area contributed by atoms with Crippen LogP contribution in [0.15, 0.2) is 0 Å². The summed E-state index contributed by atoms with van der Waals surface area (Å²) < 4.78 is 0. The van der Waals surface area contributed by atoms with Crippen molar-refractivity contribution >= 4 is 11.9 Å². The first-order valence-corrected chi connectivity index (χ1v) is 5.49. The third-order valence-electron chi connectivity index (χ3n) is 2.16. The molecule has 1 unspecified atom stereocenters. The molecule has 0 aliphatic carbocycles. The molecule has 0 spiro atoms. The van der Waals surface area contributed by atoms with E-state index < -0.39 is 12.0 Å². The van der Waals surface area contributed by atoms with Gasteiger partial charge in [-0.25, -0.2) is 4.79 Å². The van der Waals surface area contributed by atoms with Gasteiger partial charge in [0.15, 0.2) is 0 Å². The minimum atomic E-state index is -0.949. The maximum Gasteiger partial charge on any atom is 0.326 e. The van der Waals surface area contributed by atoms with E-state index in [9.17, 15) is 9.59 Å². The van der Waals surface area contributed by atoms with Gasteiger partial charge in [0.1, 0.15) is 6.04 Å². The van der Waals surface area contributed by atoms with E-state index in [1.165, 1.54) is 0 Å². The molecule has 2 N–H and O–H groups in total. The molecule has 0 bridgehead atoms. The van der Waals surface area contributed by atoms with Crippen LogP contribution in [0.3, 0.4) is 0 Å². The maximum absolute atomic E-state index is 11.4. The molecule has 88 valence electrons. The fourth-order valence-electron chi connectivity index (χ4n) is 1.23. The maximum atomic E-state index is 11.4. The molecular weight excluding hydrogens is 194 g/mol. The molecule has 0 saturated carbocycles. The zero-order valence-electron chi connectivity index (χ0n) is 9.75. The Morgan fingerprint density at radius 2 is 1.87 bits per heavy atom. The summed E-state index contributed by atoms with van der Waals surface area (Å²) >= 11 is 0.